The number of nitrogens with one attached hydrogen (secondary N) is 1. The first-order chi connectivity index (χ1) is 13.5. The zero-order valence-electron chi connectivity index (χ0n) is 16.6. The predicted octanol–water partition coefficient (Wildman–Crippen LogP) is 1.38. The van der Waals surface area contributed by atoms with Crippen molar-refractivity contribution in [2.75, 3.05) is 13.1 Å². The van der Waals surface area contributed by atoms with Crippen LogP contribution in [-0.4, -0.2) is 49.1 Å². The van der Waals surface area contributed by atoms with Gasteiger partial charge in [-0.15, -0.1) is 10.2 Å². The van der Waals surface area contributed by atoms with Crippen LogP contribution in [0.1, 0.15) is 37.6 Å². The Kier molecular flexibility index (Phi) is 4.89. The molecule has 0 spiro atoms. The Hall–Kier alpha value is -2.74. The lowest BCUT2D eigenvalue weighted by molar-refractivity contribution is -0.121. The van der Waals surface area contributed by atoms with Crippen LogP contribution in [0.25, 0.3) is 16.7 Å². The lowest BCUT2D eigenvalue weighted by Crippen LogP contribution is -2.47. The molecule has 1 atom stereocenters. The predicted molar refractivity (Wildman–Crippen MR) is 107 cm³/mol. The van der Waals surface area contributed by atoms with E-state index in [0.717, 1.165) is 42.8 Å². The van der Waals surface area contributed by atoms with Gasteiger partial charge >= 0.3 is 0 Å². The molecule has 3 heterocycles. The second-order valence-corrected chi connectivity index (χ2v) is 7.63. The number of fused-ring (bicyclic) bond motifs is 3. The number of hydrogen-bond acceptors (Lipinski definition) is 5. The van der Waals surface area contributed by atoms with Crippen LogP contribution < -0.4 is 10.9 Å². The van der Waals surface area contributed by atoms with Crippen molar-refractivity contribution in [2.24, 2.45) is 7.05 Å². The molecular weight excluding hydrogens is 356 g/mol. The molecule has 8 heteroatoms. The summed E-state index contributed by atoms with van der Waals surface area (Å²) >= 11 is 0. The van der Waals surface area contributed by atoms with Crippen molar-refractivity contribution < 1.29 is 4.79 Å². The molecule has 2 aromatic heterocycles. The molecule has 3 aromatic rings. The molecule has 4 rings (SSSR count). The Balaban J connectivity index is 1.69. The summed E-state index contributed by atoms with van der Waals surface area (Å²) in [5.41, 5.74) is 1.81. The number of amides is 1. The molecule has 28 heavy (non-hydrogen) atoms. The molecule has 148 valence electrons. The maximum atomic E-state index is 12.7. The van der Waals surface area contributed by atoms with Crippen molar-refractivity contribution in [1.82, 2.24) is 29.4 Å². The number of hydrogen-bond donors (Lipinski definition) is 1. The maximum absolute atomic E-state index is 12.7. The first-order valence-electron chi connectivity index (χ1n) is 9.83. The molecule has 0 aliphatic carbocycles. The fraction of sp³-hybridized carbons (Fsp3) is 0.500. The number of aryl methyl sites for hydroxylation is 2. The molecule has 1 N–H and O–H groups in total. The monoisotopic (exact) mass is 382 g/mol. The van der Waals surface area contributed by atoms with E-state index in [1.54, 1.807) is 11.6 Å². The number of nitrogens with zero attached hydrogens (tertiary/aromatic N) is 5. The van der Waals surface area contributed by atoms with Gasteiger partial charge in [0.15, 0.2) is 5.82 Å². The summed E-state index contributed by atoms with van der Waals surface area (Å²) < 4.78 is 3.53. The van der Waals surface area contributed by atoms with Gasteiger partial charge in [0.2, 0.25) is 11.7 Å². The van der Waals surface area contributed by atoms with Crippen molar-refractivity contribution in [3.63, 3.8) is 0 Å². The highest BCUT2D eigenvalue weighted by molar-refractivity contribution is 5.81. The molecule has 1 saturated heterocycles. The first-order valence-corrected chi connectivity index (χ1v) is 9.83. The SMILES string of the molecule is CCC(=O)NC1CCCN(Cc2nnc3n(C)c(=O)c4cc(C)ccc4n23)C1. The number of rotatable bonds is 4. The number of carbonyl (C=O) groups excluding carboxylic acids is 1. The highest BCUT2D eigenvalue weighted by Crippen LogP contribution is 2.18. The summed E-state index contributed by atoms with van der Waals surface area (Å²) in [7, 11) is 1.73. The van der Waals surface area contributed by atoms with Crippen molar-refractivity contribution >= 4 is 22.6 Å². The largest absolute Gasteiger partial charge is 0.352 e. The van der Waals surface area contributed by atoms with Crippen LogP contribution in [0.15, 0.2) is 23.0 Å². The molecule has 8 nitrogen and oxygen atoms in total. The van der Waals surface area contributed by atoms with Crippen LogP contribution in [0, 0.1) is 6.92 Å². The van der Waals surface area contributed by atoms with Crippen LogP contribution in [0.4, 0.5) is 0 Å². The molecule has 1 aliphatic heterocycles. The zero-order chi connectivity index (χ0) is 19.8. The normalized spacial score (nSPS) is 18.0. The Bertz CT molecular complexity index is 1100. The number of aromatic nitrogens is 4. The molecule has 1 unspecified atom stereocenters. The Morgan fingerprint density at radius 3 is 2.93 bits per heavy atom. The molecule has 0 radical (unpaired) electrons. The van der Waals surface area contributed by atoms with Gasteiger partial charge in [-0.2, -0.15) is 0 Å². The molecule has 1 aromatic carbocycles. The van der Waals surface area contributed by atoms with E-state index in [1.165, 1.54) is 0 Å². The van der Waals surface area contributed by atoms with Gasteiger partial charge in [0.1, 0.15) is 0 Å². The fourth-order valence-corrected chi connectivity index (χ4v) is 4.01. The second kappa shape index (κ2) is 7.35. The summed E-state index contributed by atoms with van der Waals surface area (Å²) in [5, 5.41) is 12.4. The van der Waals surface area contributed by atoms with Gasteiger partial charge in [-0.1, -0.05) is 18.6 Å². The van der Waals surface area contributed by atoms with E-state index in [9.17, 15) is 9.59 Å². The highest BCUT2D eigenvalue weighted by Gasteiger charge is 2.23. The van der Waals surface area contributed by atoms with Crippen LogP contribution in [-0.2, 0) is 18.4 Å². The summed E-state index contributed by atoms with van der Waals surface area (Å²) in [6, 6.07) is 6.05. The Labute approximate surface area is 163 Å². The summed E-state index contributed by atoms with van der Waals surface area (Å²) in [4.78, 5) is 26.7. The standard InChI is InChI=1S/C20H26N6O2/c1-4-18(27)21-14-6-5-9-25(11-14)12-17-22-23-20-24(3)19(28)15-10-13(2)7-8-16(15)26(17)20/h7-8,10,14H,4-6,9,11-12H2,1-3H3,(H,21,27). The molecule has 0 saturated carbocycles. The topological polar surface area (TPSA) is 84.5 Å². The number of benzene rings is 1. The lowest BCUT2D eigenvalue weighted by Gasteiger charge is -2.32. The van der Waals surface area contributed by atoms with Crippen molar-refractivity contribution in [3.05, 3.63) is 39.9 Å². The van der Waals surface area contributed by atoms with E-state index in [0.29, 0.717) is 24.1 Å². The first kappa shape index (κ1) is 18.6. The minimum absolute atomic E-state index is 0.0644. The van der Waals surface area contributed by atoms with Gasteiger partial charge in [0.25, 0.3) is 5.56 Å². The van der Waals surface area contributed by atoms with Crippen LogP contribution in [0.2, 0.25) is 0 Å². The Morgan fingerprint density at radius 1 is 1.32 bits per heavy atom. The minimum atomic E-state index is -0.0644. The maximum Gasteiger partial charge on any atom is 0.262 e. The summed E-state index contributed by atoms with van der Waals surface area (Å²) in [5.74, 6) is 1.45. The molecular formula is C20H26N6O2. The quantitative estimate of drug-likeness (QED) is 0.737. The van der Waals surface area contributed by atoms with Crippen LogP contribution in [0.5, 0.6) is 0 Å². The fourth-order valence-electron chi connectivity index (χ4n) is 4.01. The third kappa shape index (κ3) is 3.28. The van der Waals surface area contributed by atoms with Gasteiger partial charge in [-0.25, -0.2) is 0 Å². The van der Waals surface area contributed by atoms with Gasteiger partial charge in [-0.3, -0.25) is 23.5 Å². The lowest BCUT2D eigenvalue weighted by atomic mass is 10.1. The number of carbonyl (C=O) groups is 1. The van der Waals surface area contributed by atoms with E-state index in [-0.39, 0.29) is 17.5 Å². The van der Waals surface area contributed by atoms with E-state index in [2.05, 4.69) is 20.4 Å². The van der Waals surface area contributed by atoms with E-state index in [4.69, 9.17) is 0 Å². The highest BCUT2D eigenvalue weighted by atomic mass is 16.1. The van der Waals surface area contributed by atoms with E-state index < -0.39 is 0 Å². The van der Waals surface area contributed by atoms with Gasteiger partial charge in [-0.05, 0) is 38.4 Å². The van der Waals surface area contributed by atoms with Crippen molar-refractivity contribution in [2.45, 2.75) is 45.7 Å². The minimum Gasteiger partial charge on any atom is -0.352 e. The molecule has 1 amide bonds. The average Bonchev–Trinajstić information content (AvgIpc) is 3.10. The zero-order valence-corrected chi connectivity index (χ0v) is 16.6. The molecule has 1 aliphatic rings. The van der Waals surface area contributed by atoms with E-state index in [1.807, 2.05) is 36.4 Å². The summed E-state index contributed by atoms with van der Waals surface area (Å²) in [6.45, 7) is 6.23. The van der Waals surface area contributed by atoms with Gasteiger partial charge < -0.3 is 5.32 Å². The third-order valence-electron chi connectivity index (χ3n) is 5.50. The molecule has 1 fully saturated rings. The summed E-state index contributed by atoms with van der Waals surface area (Å²) in [6.07, 6.45) is 2.54. The van der Waals surface area contributed by atoms with Gasteiger partial charge in [0, 0.05) is 26.1 Å². The van der Waals surface area contributed by atoms with Gasteiger partial charge in [0.05, 0.1) is 17.4 Å². The Morgan fingerprint density at radius 2 is 2.14 bits per heavy atom. The third-order valence-corrected chi connectivity index (χ3v) is 5.50. The second-order valence-electron chi connectivity index (χ2n) is 7.63. The number of piperidine rings is 1. The van der Waals surface area contributed by atoms with Crippen molar-refractivity contribution in [1.29, 1.82) is 0 Å². The van der Waals surface area contributed by atoms with Crippen LogP contribution in [0.3, 0.4) is 0 Å². The number of likely N-dealkylation sites (tertiary alicyclic amines) is 1. The molecule has 0 bridgehead atoms. The average molecular weight is 382 g/mol. The smallest absolute Gasteiger partial charge is 0.262 e. The van der Waals surface area contributed by atoms with Crippen molar-refractivity contribution in [3.8, 4) is 0 Å². The van der Waals surface area contributed by atoms with E-state index >= 15 is 0 Å². The van der Waals surface area contributed by atoms with Crippen LogP contribution >= 0.6 is 0 Å².